The number of para-hydroxylation sites is 1. The Labute approximate surface area is 166 Å². The van der Waals surface area contributed by atoms with Crippen LogP contribution < -0.4 is 15.0 Å². The summed E-state index contributed by atoms with van der Waals surface area (Å²) in [5.74, 6) is 2.75. The minimum absolute atomic E-state index is 0.155. The van der Waals surface area contributed by atoms with Gasteiger partial charge in [-0.05, 0) is 25.0 Å². The van der Waals surface area contributed by atoms with Crippen molar-refractivity contribution in [3.63, 3.8) is 0 Å². The van der Waals surface area contributed by atoms with Gasteiger partial charge in [0.15, 0.2) is 5.96 Å². The van der Waals surface area contributed by atoms with Gasteiger partial charge in [-0.25, -0.2) is 9.97 Å². The molecule has 0 spiro atoms. The van der Waals surface area contributed by atoms with E-state index in [1.807, 2.05) is 19.2 Å². The normalized spacial score (nSPS) is 18.7. The molecular weight excluding hydrogens is 352 g/mol. The maximum Gasteiger partial charge on any atom is 0.225 e. The van der Waals surface area contributed by atoms with E-state index in [1.54, 1.807) is 19.5 Å². The number of nitrogens with one attached hydrogen (secondary N) is 1. The largest absolute Gasteiger partial charge is 0.496 e. The minimum Gasteiger partial charge on any atom is -0.496 e. The highest BCUT2D eigenvalue weighted by atomic mass is 16.5. The van der Waals surface area contributed by atoms with Crippen LogP contribution in [0.4, 0.5) is 5.95 Å². The third-order valence-electron chi connectivity index (χ3n) is 5.74. The molecule has 2 aliphatic rings. The van der Waals surface area contributed by atoms with Gasteiger partial charge in [-0.3, -0.25) is 4.99 Å². The predicted molar refractivity (Wildman–Crippen MR) is 111 cm³/mol. The summed E-state index contributed by atoms with van der Waals surface area (Å²) in [5, 5.41) is 3.62. The fourth-order valence-corrected chi connectivity index (χ4v) is 3.93. The summed E-state index contributed by atoms with van der Waals surface area (Å²) in [5.41, 5.74) is 1.45. The molecule has 1 saturated carbocycles. The number of guanidine groups is 1. The van der Waals surface area contributed by atoms with E-state index in [9.17, 15) is 0 Å². The predicted octanol–water partition coefficient (Wildman–Crippen LogP) is 1.91. The zero-order chi connectivity index (χ0) is 19.4. The van der Waals surface area contributed by atoms with E-state index in [1.165, 1.54) is 18.4 Å². The lowest BCUT2D eigenvalue weighted by Gasteiger charge is -2.36. The zero-order valence-electron chi connectivity index (χ0n) is 16.6. The molecule has 28 heavy (non-hydrogen) atoms. The first-order valence-electron chi connectivity index (χ1n) is 9.87. The van der Waals surface area contributed by atoms with Gasteiger partial charge in [0.25, 0.3) is 0 Å². The lowest BCUT2D eigenvalue weighted by molar-refractivity contribution is 0.367. The molecule has 148 valence electrons. The second kappa shape index (κ2) is 8.04. The molecule has 1 aliphatic heterocycles. The molecule has 0 amide bonds. The molecule has 0 radical (unpaired) electrons. The van der Waals surface area contributed by atoms with Crippen molar-refractivity contribution in [1.29, 1.82) is 0 Å². The van der Waals surface area contributed by atoms with Gasteiger partial charge in [0.1, 0.15) is 5.75 Å². The van der Waals surface area contributed by atoms with Crippen molar-refractivity contribution < 1.29 is 4.74 Å². The number of benzene rings is 1. The molecular formula is C21H28N6O. The van der Waals surface area contributed by atoms with Crippen molar-refractivity contribution in [3.05, 3.63) is 48.3 Å². The lowest BCUT2D eigenvalue weighted by atomic mass is 9.95. The Bertz CT molecular complexity index is 813. The van der Waals surface area contributed by atoms with Crippen LogP contribution in [0.1, 0.15) is 18.4 Å². The molecule has 0 atom stereocenters. The topological polar surface area (TPSA) is 65.9 Å². The Morgan fingerprint density at radius 1 is 1.11 bits per heavy atom. The standard InChI is InChI=1S/C21H28N6O/c1-22-19(26-12-14-27(15-13-26)20-23-10-5-11-24-20)25-16-21(8-9-21)17-6-3-4-7-18(17)28-2/h3-7,10-11H,8-9,12-16H2,1-2H3,(H,22,25). The summed E-state index contributed by atoms with van der Waals surface area (Å²) < 4.78 is 5.59. The van der Waals surface area contributed by atoms with E-state index < -0.39 is 0 Å². The summed E-state index contributed by atoms with van der Waals surface area (Å²) in [6, 6.07) is 10.2. The fraction of sp³-hybridized carbons (Fsp3) is 0.476. The molecule has 2 fully saturated rings. The maximum atomic E-state index is 5.59. The summed E-state index contributed by atoms with van der Waals surface area (Å²) in [6.45, 7) is 4.46. The molecule has 1 saturated heterocycles. The van der Waals surface area contributed by atoms with Crippen molar-refractivity contribution in [2.45, 2.75) is 18.3 Å². The van der Waals surface area contributed by atoms with Gasteiger partial charge in [-0.2, -0.15) is 0 Å². The van der Waals surface area contributed by atoms with Crippen LogP contribution >= 0.6 is 0 Å². The Morgan fingerprint density at radius 2 is 1.82 bits per heavy atom. The number of hydrogen-bond acceptors (Lipinski definition) is 5. The number of rotatable bonds is 5. The Morgan fingerprint density at radius 3 is 2.46 bits per heavy atom. The average Bonchev–Trinajstić information content (AvgIpc) is 3.56. The number of anilines is 1. The van der Waals surface area contributed by atoms with Gasteiger partial charge in [0, 0.05) is 63.1 Å². The highest BCUT2D eigenvalue weighted by Gasteiger charge is 2.46. The highest BCUT2D eigenvalue weighted by molar-refractivity contribution is 5.80. The van der Waals surface area contributed by atoms with Crippen molar-refractivity contribution in [2.24, 2.45) is 4.99 Å². The number of hydrogen-bond donors (Lipinski definition) is 1. The van der Waals surface area contributed by atoms with Crippen LogP contribution in [0, 0.1) is 0 Å². The van der Waals surface area contributed by atoms with Crippen molar-refractivity contribution >= 4 is 11.9 Å². The van der Waals surface area contributed by atoms with Gasteiger partial charge in [-0.15, -0.1) is 0 Å². The number of ether oxygens (including phenoxy) is 1. The Hall–Kier alpha value is -2.83. The van der Waals surface area contributed by atoms with Crippen molar-refractivity contribution in [2.75, 3.05) is 51.8 Å². The van der Waals surface area contributed by atoms with E-state index in [-0.39, 0.29) is 5.41 Å². The second-order valence-electron chi connectivity index (χ2n) is 7.40. The van der Waals surface area contributed by atoms with Crippen molar-refractivity contribution in [3.8, 4) is 5.75 Å². The van der Waals surface area contributed by atoms with Crippen LogP contribution in [0.2, 0.25) is 0 Å². The lowest BCUT2D eigenvalue weighted by Crippen LogP contribution is -2.53. The van der Waals surface area contributed by atoms with Crippen LogP contribution in [0.5, 0.6) is 5.75 Å². The van der Waals surface area contributed by atoms with Crippen LogP contribution in [-0.4, -0.2) is 67.7 Å². The smallest absolute Gasteiger partial charge is 0.225 e. The summed E-state index contributed by atoms with van der Waals surface area (Å²) in [7, 11) is 3.61. The average molecular weight is 380 g/mol. The molecule has 1 aromatic heterocycles. The number of aromatic nitrogens is 2. The quantitative estimate of drug-likeness (QED) is 0.631. The van der Waals surface area contributed by atoms with Gasteiger partial charge < -0.3 is 19.9 Å². The molecule has 2 heterocycles. The molecule has 0 bridgehead atoms. The molecule has 2 aromatic rings. The van der Waals surface area contributed by atoms with E-state index >= 15 is 0 Å². The molecule has 1 N–H and O–H groups in total. The number of methoxy groups -OCH3 is 1. The Kier molecular flexibility index (Phi) is 5.32. The van der Waals surface area contributed by atoms with Gasteiger partial charge in [0.05, 0.1) is 7.11 Å². The minimum atomic E-state index is 0.155. The third-order valence-corrected chi connectivity index (χ3v) is 5.74. The SMILES string of the molecule is CN=C(NCC1(c2ccccc2OC)CC1)N1CCN(c2ncccn2)CC1. The fourth-order valence-electron chi connectivity index (χ4n) is 3.93. The van der Waals surface area contributed by atoms with E-state index in [0.717, 1.165) is 50.4 Å². The molecule has 7 nitrogen and oxygen atoms in total. The van der Waals surface area contributed by atoms with Crippen LogP contribution in [0.25, 0.3) is 0 Å². The van der Waals surface area contributed by atoms with Gasteiger partial charge >= 0.3 is 0 Å². The van der Waals surface area contributed by atoms with Crippen molar-refractivity contribution in [1.82, 2.24) is 20.2 Å². The first-order chi connectivity index (χ1) is 13.8. The van der Waals surface area contributed by atoms with E-state index in [2.05, 4.69) is 48.3 Å². The van der Waals surface area contributed by atoms with Gasteiger partial charge in [-0.1, -0.05) is 18.2 Å². The molecule has 4 rings (SSSR count). The van der Waals surface area contributed by atoms with Crippen LogP contribution in [0.3, 0.4) is 0 Å². The van der Waals surface area contributed by atoms with Crippen LogP contribution in [0.15, 0.2) is 47.7 Å². The summed E-state index contributed by atoms with van der Waals surface area (Å²) in [6.07, 6.45) is 5.94. The van der Waals surface area contributed by atoms with E-state index in [0.29, 0.717) is 0 Å². The summed E-state index contributed by atoms with van der Waals surface area (Å²) in [4.78, 5) is 17.8. The number of piperazine rings is 1. The van der Waals surface area contributed by atoms with Crippen LogP contribution in [-0.2, 0) is 5.41 Å². The molecule has 7 heteroatoms. The number of nitrogens with zero attached hydrogens (tertiary/aromatic N) is 5. The first kappa shape index (κ1) is 18.5. The zero-order valence-corrected chi connectivity index (χ0v) is 16.6. The molecule has 1 aliphatic carbocycles. The number of aliphatic imine (C=N–C) groups is 1. The second-order valence-corrected chi connectivity index (χ2v) is 7.40. The Balaban J connectivity index is 1.36. The van der Waals surface area contributed by atoms with Gasteiger partial charge in [0.2, 0.25) is 5.95 Å². The maximum absolute atomic E-state index is 5.59. The molecule has 1 aromatic carbocycles. The first-order valence-corrected chi connectivity index (χ1v) is 9.87. The van der Waals surface area contributed by atoms with E-state index in [4.69, 9.17) is 4.74 Å². The highest BCUT2D eigenvalue weighted by Crippen LogP contribution is 2.50. The monoisotopic (exact) mass is 380 g/mol. The summed E-state index contributed by atoms with van der Waals surface area (Å²) >= 11 is 0. The third kappa shape index (κ3) is 3.74. The molecule has 0 unspecified atom stereocenters.